The van der Waals surface area contributed by atoms with Crippen molar-refractivity contribution in [3.63, 3.8) is 0 Å². The van der Waals surface area contributed by atoms with E-state index in [4.69, 9.17) is 22.1 Å². The number of hydrogen-bond donors (Lipinski definition) is 0. The summed E-state index contributed by atoms with van der Waals surface area (Å²) in [6, 6.07) is 6.03. The Labute approximate surface area is 118 Å². The molecule has 0 N–H and O–H groups in total. The van der Waals surface area contributed by atoms with Crippen LogP contribution >= 0.6 is 11.6 Å². The molecule has 0 heterocycles. The fourth-order valence-electron chi connectivity index (χ4n) is 1.56. The molecule has 1 unspecified atom stereocenters. The number of rotatable bonds is 4. The van der Waals surface area contributed by atoms with Gasteiger partial charge in [-0.1, -0.05) is 31.9 Å². The molecule has 0 aliphatic carbocycles. The zero-order valence-corrected chi connectivity index (χ0v) is 12.2. The van der Waals surface area contributed by atoms with E-state index in [1.54, 1.807) is 0 Å². The van der Waals surface area contributed by atoms with Gasteiger partial charge in [0.1, 0.15) is 12.1 Å². The van der Waals surface area contributed by atoms with Gasteiger partial charge >= 0.3 is 0 Å². The van der Waals surface area contributed by atoms with Crippen LogP contribution in [-0.4, -0.2) is 14.2 Å². The van der Waals surface area contributed by atoms with Crippen LogP contribution in [0.1, 0.15) is 31.4 Å². The molecule has 4 nitrogen and oxygen atoms in total. The highest BCUT2D eigenvalue weighted by Gasteiger charge is 2.22. The molecule has 0 spiro atoms. The average Bonchev–Trinajstić information content (AvgIpc) is 2.37. The van der Waals surface area contributed by atoms with Gasteiger partial charge in [0, 0.05) is 0 Å². The van der Waals surface area contributed by atoms with Crippen LogP contribution in [0.25, 0.3) is 0 Å². The molecule has 0 amide bonds. The van der Waals surface area contributed by atoms with Gasteiger partial charge in [0.05, 0.1) is 26.8 Å². The Morgan fingerprint density at radius 1 is 1.26 bits per heavy atom. The van der Waals surface area contributed by atoms with Gasteiger partial charge in [0.25, 0.3) is 0 Å². The van der Waals surface area contributed by atoms with Crippen molar-refractivity contribution in [2.24, 2.45) is 5.92 Å². The molecular formula is C13H13ClN2O2S. The van der Waals surface area contributed by atoms with Gasteiger partial charge in [-0.2, -0.15) is 10.5 Å². The first-order valence-corrected chi connectivity index (χ1v) is 7.75. The summed E-state index contributed by atoms with van der Waals surface area (Å²) < 4.78 is 24.4. The minimum atomic E-state index is -3.55. The van der Waals surface area contributed by atoms with Crippen molar-refractivity contribution in [3.05, 3.63) is 28.3 Å². The minimum Gasteiger partial charge on any atom is -0.224 e. The van der Waals surface area contributed by atoms with Crippen LogP contribution in [-0.2, 0) is 9.84 Å². The van der Waals surface area contributed by atoms with Crippen LogP contribution in [0.2, 0.25) is 5.02 Å². The molecule has 1 atom stereocenters. The SMILES string of the molecule is CCC(C)CS(=O)(=O)c1cc(C#N)c(C#N)cc1Cl. The first-order valence-electron chi connectivity index (χ1n) is 5.72. The highest BCUT2D eigenvalue weighted by atomic mass is 35.5. The van der Waals surface area contributed by atoms with Crippen molar-refractivity contribution in [3.8, 4) is 12.1 Å². The summed E-state index contributed by atoms with van der Waals surface area (Å²) in [6.45, 7) is 3.74. The summed E-state index contributed by atoms with van der Waals surface area (Å²) in [5.74, 6) is -0.0257. The van der Waals surface area contributed by atoms with Crippen LogP contribution in [0.15, 0.2) is 17.0 Å². The van der Waals surface area contributed by atoms with Gasteiger partial charge in [-0.3, -0.25) is 0 Å². The minimum absolute atomic E-state index is 0.00208. The third-order valence-corrected chi connectivity index (χ3v) is 5.29. The molecule has 1 rings (SSSR count). The van der Waals surface area contributed by atoms with Crippen molar-refractivity contribution in [2.45, 2.75) is 25.2 Å². The lowest BCUT2D eigenvalue weighted by Crippen LogP contribution is -2.14. The zero-order valence-electron chi connectivity index (χ0n) is 10.6. The smallest absolute Gasteiger partial charge is 0.180 e. The highest BCUT2D eigenvalue weighted by Crippen LogP contribution is 2.27. The van der Waals surface area contributed by atoms with E-state index in [9.17, 15) is 8.42 Å². The standard InChI is InChI=1S/C13H13ClN2O2S/c1-3-9(2)8-19(17,18)13-5-11(7-16)10(6-15)4-12(13)14/h4-5,9H,3,8H2,1-2H3. The molecule has 0 aliphatic heterocycles. The van der Waals surface area contributed by atoms with E-state index in [2.05, 4.69) is 0 Å². The second-order valence-electron chi connectivity index (χ2n) is 4.35. The van der Waals surface area contributed by atoms with Crippen molar-refractivity contribution in [1.82, 2.24) is 0 Å². The molecule has 0 fully saturated rings. The second-order valence-corrected chi connectivity index (χ2v) is 6.76. The van der Waals surface area contributed by atoms with E-state index in [1.807, 2.05) is 26.0 Å². The second kappa shape index (κ2) is 6.06. The first kappa shape index (κ1) is 15.5. The first-order chi connectivity index (χ1) is 8.85. The normalized spacial score (nSPS) is 12.5. The van der Waals surface area contributed by atoms with Gasteiger partial charge < -0.3 is 0 Å². The molecule has 100 valence electrons. The van der Waals surface area contributed by atoms with E-state index in [-0.39, 0.29) is 32.7 Å². The van der Waals surface area contributed by atoms with Crippen LogP contribution in [0.5, 0.6) is 0 Å². The van der Waals surface area contributed by atoms with Gasteiger partial charge in [-0.05, 0) is 18.1 Å². The lowest BCUT2D eigenvalue weighted by Gasteiger charge is -2.11. The lowest BCUT2D eigenvalue weighted by atomic mass is 10.1. The molecular weight excluding hydrogens is 284 g/mol. The molecule has 0 saturated heterocycles. The third-order valence-electron chi connectivity index (χ3n) is 2.85. The summed E-state index contributed by atoms with van der Waals surface area (Å²) >= 11 is 5.91. The molecule has 19 heavy (non-hydrogen) atoms. The van der Waals surface area contributed by atoms with Crippen LogP contribution in [0, 0.1) is 28.6 Å². The summed E-state index contributed by atoms with van der Waals surface area (Å²) in [5, 5.41) is 17.7. The number of halogens is 1. The van der Waals surface area contributed by atoms with Crippen molar-refractivity contribution < 1.29 is 8.42 Å². The van der Waals surface area contributed by atoms with Crippen LogP contribution in [0.4, 0.5) is 0 Å². The Hall–Kier alpha value is -1.56. The Morgan fingerprint density at radius 2 is 1.79 bits per heavy atom. The summed E-state index contributed by atoms with van der Waals surface area (Å²) in [6.07, 6.45) is 0.734. The van der Waals surface area contributed by atoms with E-state index >= 15 is 0 Å². The van der Waals surface area contributed by atoms with E-state index in [0.717, 1.165) is 6.42 Å². The predicted octanol–water partition coefficient (Wildman–Crippen LogP) is 2.90. The van der Waals surface area contributed by atoms with E-state index < -0.39 is 9.84 Å². The Balaban J connectivity index is 3.37. The van der Waals surface area contributed by atoms with Crippen molar-refractivity contribution in [2.75, 3.05) is 5.75 Å². The summed E-state index contributed by atoms with van der Waals surface area (Å²) in [7, 11) is -3.55. The molecule has 0 radical (unpaired) electrons. The molecule has 0 aromatic heterocycles. The topological polar surface area (TPSA) is 81.7 Å². The summed E-state index contributed by atoms with van der Waals surface area (Å²) in [5.41, 5.74) is 0.101. The van der Waals surface area contributed by atoms with Crippen LogP contribution < -0.4 is 0 Å². The molecule has 6 heteroatoms. The monoisotopic (exact) mass is 296 g/mol. The Kier molecular flexibility index (Phi) is 4.94. The predicted molar refractivity (Wildman–Crippen MR) is 72.4 cm³/mol. The molecule has 0 bridgehead atoms. The van der Waals surface area contributed by atoms with Gasteiger partial charge in [-0.25, -0.2) is 8.42 Å². The Bertz CT molecular complexity index is 669. The van der Waals surface area contributed by atoms with Gasteiger partial charge in [0.2, 0.25) is 0 Å². The molecule has 1 aromatic carbocycles. The molecule has 1 aromatic rings. The van der Waals surface area contributed by atoms with Crippen molar-refractivity contribution >= 4 is 21.4 Å². The maximum absolute atomic E-state index is 12.2. The lowest BCUT2D eigenvalue weighted by molar-refractivity contribution is 0.564. The molecule has 0 saturated carbocycles. The number of nitriles is 2. The average molecular weight is 297 g/mol. The number of benzene rings is 1. The fourth-order valence-corrected chi connectivity index (χ4v) is 3.89. The number of hydrogen-bond acceptors (Lipinski definition) is 4. The molecule has 0 aliphatic rings. The van der Waals surface area contributed by atoms with E-state index in [1.165, 1.54) is 12.1 Å². The Morgan fingerprint density at radius 3 is 2.26 bits per heavy atom. The van der Waals surface area contributed by atoms with E-state index in [0.29, 0.717) is 0 Å². The largest absolute Gasteiger partial charge is 0.224 e. The fraction of sp³-hybridized carbons (Fsp3) is 0.385. The van der Waals surface area contributed by atoms with Gasteiger partial charge in [-0.15, -0.1) is 0 Å². The third kappa shape index (κ3) is 3.47. The maximum Gasteiger partial charge on any atom is 0.180 e. The van der Waals surface area contributed by atoms with Gasteiger partial charge in [0.15, 0.2) is 9.84 Å². The number of sulfone groups is 1. The van der Waals surface area contributed by atoms with Crippen LogP contribution in [0.3, 0.4) is 0 Å². The quantitative estimate of drug-likeness (QED) is 0.855. The maximum atomic E-state index is 12.2. The van der Waals surface area contributed by atoms with Crippen molar-refractivity contribution in [1.29, 1.82) is 10.5 Å². The number of nitrogens with zero attached hydrogens (tertiary/aromatic N) is 2. The zero-order chi connectivity index (χ0) is 14.6. The highest BCUT2D eigenvalue weighted by molar-refractivity contribution is 7.91. The summed E-state index contributed by atoms with van der Waals surface area (Å²) in [4.78, 5) is -0.0787.